The van der Waals surface area contributed by atoms with Crippen LogP contribution in [0.25, 0.3) is 0 Å². The Morgan fingerprint density at radius 1 is 1.37 bits per heavy atom. The van der Waals surface area contributed by atoms with Gasteiger partial charge in [-0.15, -0.1) is 11.3 Å². The molecule has 0 unspecified atom stereocenters. The predicted octanol–water partition coefficient (Wildman–Crippen LogP) is 3.36. The first-order valence-corrected chi connectivity index (χ1v) is 8.42. The fourth-order valence-corrected chi connectivity index (χ4v) is 3.66. The monoisotopic (exact) mass is 281 g/mol. The third kappa shape index (κ3) is 4.01. The van der Waals surface area contributed by atoms with E-state index in [1.807, 2.05) is 0 Å². The zero-order valence-corrected chi connectivity index (χ0v) is 13.2. The van der Waals surface area contributed by atoms with Gasteiger partial charge < -0.3 is 5.73 Å². The lowest BCUT2D eigenvalue weighted by molar-refractivity contribution is 0.148. The molecule has 0 radical (unpaired) electrons. The zero-order valence-electron chi connectivity index (χ0n) is 12.4. The highest BCUT2D eigenvalue weighted by Gasteiger charge is 2.23. The van der Waals surface area contributed by atoms with E-state index in [1.54, 1.807) is 11.3 Å². The van der Waals surface area contributed by atoms with Crippen molar-refractivity contribution in [3.05, 3.63) is 16.1 Å². The van der Waals surface area contributed by atoms with Crippen molar-refractivity contribution >= 4 is 11.3 Å². The first-order chi connectivity index (χ1) is 9.10. The Hall–Kier alpha value is -0.450. The summed E-state index contributed by atoms with van der Waals surface area (Å²) in [6.45, 7) is 8.78. The molecule has 1 saturated carbocycles. The molecule has 0 aromatic carbocycles. The molecule has 19 heavy (non-hydrogen) atoms. The third-order valence-corrected chi connectivity index (χ3v) is 5.29. The molecule has 0 spiro atoms. The molecule has 1 heterocycles. The summed E-state index contributed by atoms with van der Waals surface area (Å²) in [5, 5.41) is 3.49. The van der Waals surface area contributed by atoms with Crippen LogP contribution in [0.2, 0.25) is 0 Å². The summed E-state index contributed by atoms with van der Waals surface area (Å²) < 4.78 is 0. The van der Waals surface area contributed by atoms with Crippen molar-refractivity contribution in [3.63, 3.8) is 0 Å². The number of nitrogens with two attached hydrogens (primary N) is 1. The summed E-state index contributed by atoms with van der Waals surface area (Å²) in [5.41, 5.74) is 7.24. The average molecular weight is 281 g/mol. The maximum Gasteiger partial charge on any atom is 0.0954 e. The topological polar surface area (TPSA) is 42.2 Å². The second-order valence-corrected chi connectivity index (χ2v) is 6.85. The molecule has 2 rings (SSSR count). The van der Waals surface area contributed by atoms with Crippen LogP contribution in [0.15, 0.2) is 5.38 Å². The summed E-state index contributed by atoms with van der Waals surface area (Å²) in [4.78, 5) is 7.33. The first-order valence-electron chi connectivity index (χ1n) is 7.54. The lowest BCUT2D eigenvalue weighted by Gasteiger charge is -2.35. The van der Waals surface area contributed by atoms with Gasteiger partial charge in [0.05, 0.1) is 10.7 Å². The summed E-state index contributed by atoms with van der Waals surface area (Å²) in [6, 6.07) is 1.13. The van der Waals surface area contributed by atoms with Gasteiger partial charge >= 0.3 is 0 Å². The molecule has 0 amide bonds. The predicted molar refractivity (Wildman–Crippen MR) is 82.5 cm³/mol. The summed E-state index contributed by atoms with van der Waals surface area (Å²) in [5.74, 6) is 0.543. The van der Waals surface area contributed by atoms with Gasteiger partial charge in [0.25, 0.3) is 0 Å². The Morgan fingerprint density at radius 3 is 2.58 bits per heavy atom. The number of aromatic nitrogens is 1. The Morgan fingerprint density at radius 2 is 2.05 bits per heavy atom. The van der Waals surface area contributed by atoms with Crippen molar-refractivity contribution in [2.45, 2.75) is 71.0 Å². The molecule has 1 aromatic rings. The SMILES string of the molecule is CCN(Cc1csc(C(C)C)n1)C1CCC(N)CC1. The van der Waals surface area contributed by atoms with Crippen molar-refractivity contribution in [2.75, 3.05) is 6.54 Å². The van der Waals surface area contributed by atoms with Crippen LogP contribution in [-0.4, -0.2) is 28.5 Å². The molecule has 1 aliphatic rings. The van der Waals surface area contributed by atoms with Gasteiger partial charge in [-0.3, -0.25) is 4.90 Å². The minimum absolute atomic E-state index is 0.432. The van der Waals surface area contributed by atoms with Crippen LogP contribution in [0.1, 0.15) is 63.1 Å². The second-order valence-electron chi connectivity index (χ2n) is 5.96. The van der Waals surface area contributed by atoms with Crippen LogP contribution in [0.4, 0.5) is 0 Å². The van der Waals surface area contributed by atoms with Gasteiger partial charge in [0.1, 0.15) is 0 Å². The molecule has 0 saturated heterocycles. The molecule has 4 heteroatoms. The molecule has 1 fully saturated rings. The molecule has 2 N–H and O–H groups in total. The van der Waals surface area contributed by atoms with Gasteiger partial charge in [0.15, 0.2) is 0 Å². The Balaban J connectivity index is 1.94. The van der Waals surface area contributed by atoms with E-state index >= 15 is 0 Å². The van der Waals surface area contributed by atoms with E-state index in [0.717, 1.165) is 13.1 Å². The largest absolute Gasteiger partial charge is 0.328 e. The van der Waals surface area contributed by atoms with Gasteiger partial charge in [-0.1, -0.05) is 20.8 Å². The van der Waals surface area contributed by atoms with Crippen LogP contribution in [0.3, 0.4) is 0 Å². The van der Waals surface area contributed by atoms with Crippen LogP contribution < -0.4 is 5.73 Å². The zero-order chi connectivity index (χ0) is 13.8. The Bertz CT molecular complexity index is 380. The lowest BCUT2D eigenvalue weighted by atomic mass is 9.90. The van der Waals surface area contributed by atoms with Crippen molar-refractivity contribution in [1.82, 2.24) is 9.88 Å². The van der Waals surface area contributed by atoms with Crippen LogP contribution in [0, 0.1) is 0 Å². The van der Waals surface area contributed by atoms with Gasteiger partial charge in [0, 0.05) is 29.9 Å². The molecule has 1 aliphatic carbocycles. The quantitative estimate of drug-likeness (QED) is 0.900. The molecule has 108 valence electrons. The van der Waals surface area contributed by atoms with E-state index in [4.69, 9.17) is 10.7 Å². The van der Waals surface area contributed by atoms with Crippen LogP contribution in [-0.2, 0) is 6.54 Å². The summed E-state index contributed by atoms with van der Waals surface area (Å²) >= 11 is 1.80. The molecule has 0 bridgehead atoms. The minimum atomic E-state index is 0.432. The normalized spacial score (nSPS) is 24.3. The van der Waals surface area contributed by atoms with Crippen LogP contribution in [0.5, 0.6) is 0 Å². The lowest BCUT2D eigenvalue weighted by Crippen LogP contribution is -2.40. The van der Waals surface area contributed by atoms with Crippen molar-refractivity contribution in [1.29, 1.82) is 0 Å². The summed E-state index contributed by atoms with van der Waals surface area (Å²) in [6.07, 6.45) is 4.84. The molecular weight excluding hydrogens is 254 g/mol. The van der Waals surface area contributed by atoms with E-state index in [-0.39, 0.29) is 0 Å². The number of hydrogen-bond donors (Lipinski definition) is 1. The van der Waals surface area contributed by atoms with Crippen molar-refractivity contribution in [3.8, 4) is 0 Å². The van der Waals surface area contributed by atoms with Crippen molar-refractivity contribution in [2.24, 2.45) is 5.73 Å². The number of rotatable bonds is 5. The highest BCUT2D eigenvalue weighted by Crippen LogP contribution is 2.25. The minimum Gasteiger partial charge on any atom is -0.328 e. The fourth-order valence-electron chi connectivity index (χ4n) is 2.83. The third-order valence-electron chi connectivity index (χ3n) is 4.09. The average Bonchev–Trinajstić information content (AvgIpc) is 2.86. The number of nitrogens with zero attached hydrogens (tertiary/aromatic N) is 2. The second kappa shape index (κ2) is 6.82. The Kier molecular flexibility index (Phi) is 5.37. The van der Waals surface area contributed by atoms with E-state index < -0.39 is 0 Å². The van der Waals surface area contributed by atoms with E-state index in [9.17, 15) is 0 Å². The number of hydrogen-bond acceptors (Lipinski definition) is 4. The molecule has 0 aliphatic heterocycles. The highest BCUT2D eigenvalue weighted by atomic mass is 32.1. The van der Waals surface area contributed by atoms with E-state index in [0.29, 0.717) is 18.0 Å². The van der Waals surface area contributed by atoms with Gasteiger partial charge in [0.2, 0.25) is 0 Å². The van der Waals surface area contributed by atoms with E-state index in [1.165, 1.54) is 36.4 Å². The summed E-state index contributed by atoms with van der Waals surface area (Å²) in [7, 11) is 0. The van der Waals surface area contributed by atoms with E-state index in [2.05, 4.69) is 31.1 Å². The standard InChI is InChI=1S/C15H27N3S/c1-4-18(14-7-5-12(16)6-8-14)9-13-10-19-15(17-13)11(2)3/h10-12,14H,4-9,16H2,1-3H3. The highest BCUT2D eigenvalue weighted by molar-refractivity contribution is 7.09. The van der Waals surface area contributed by atoms with Crippen LogP contribution >= 0.6 is 11.3 Å². The maximum atomic E-state index is 6.00. The number of thiazole rings is 1. The molecular formula is C15H27N3S. The molecule has 3 nitrogen and oxygen atoms in total. The Labute approximate surface area is 121 Å². The van der Waals surface area contributed by atoms with Crippen molar-refractivity contribution < 1.29 is 0 Å². The smallest absolute Gasteiger partial charge is 0.0954 e. The van der Waals surface area contributed by atoms with Gasteiger partial charge in [-0.25, -0.2) is 4.98 Å². The fraction of sp³-hybridized carbons (Fsp3) is 0.800. The molecule has 1 aromatic heterocycles. The van der Waals surface area contributed by atoms with Gasteiger partial charge in [-0.2, -0.15) is 0 Å². The molecule has 0 atom stereocenters. The maximum absolute atomic E-state index is 6.00. The first kappa shape index (κ1) is 14.9. The van der Waals surface area contributed by atoms with Gasteiger partial charge in [-0.05, 0) is 32.2 Å².